The van der Waals surface area contributed by atoms with Gasteiger partial charge in [-0.05, 0) is 69.0 Å². The SMILES string of the molecule is Cc1c2ccncc2cc2c3cc(C(=O)NCCOC(C)(C)C)ccc3n(C)c12. The van der Waals surface area contributed by atoms with Crippen LogP contribution in [0.1, 0.15) is 36.7 Å². The van der Waals surface area contributed by atoms with Crippen LogP contribution in [0.2, 0.25) is 0 Å². The molecular formula is C24H27N3O2. The summed E-state index contributed by atoms with van der Waals surface area (Å²) in [6.07, 6.45) is 3.72. The van der Waals surface area contributed by atoms with E-state index in [1.54, 1.807) is 0 Å². The van der Waals surface area contributed by atoms with Gasteiger partial charge in [0.25, 0.3) is 5.91 Å². The molecule has 0 bridgehead atoms. The van der Waals surface area contributed by atoms with Gasteiger partial charge in [0.05, 0.1) is 17.7 Å². The molecular weight excluding hydrogens is 362 g/mol. The van der Waals surface area contributed by atoms with E-state index in [0.717, 1.165) is 21.7 Å². The van der Waals surface area contributed by atoms with E-state index in [4.69, 9.17) is 4.74 Å². The molecule has 5 heteroatoms. The third-order valence-electron chi connectivity index (χ3n) is 5.33. The van der Waals surface area contributed by atoms with Crippen LogP contribution in [0.3, 0.4) is 0 Å². The number of amides is 1. The van der Waals surface area contributed by atoms with Gasteiger partial charge in [0, 0.05) is 53.2 Å². The number of ether oxygens (including phenoxy) is 1. The third kappa shape index (κ3) is 3.58. The molecule has 1 amide bonds. The predicted octanol–water partition coefficient (Wildman–Crippen LogP) is 4.73. The summed E-state index contributed by atoms with van der Waals surface area (Å²) in [4.78, 5) is 16.9. The van der Waals surface area contributed by atoms with Crippen molar-refractivity contribution >= 4 is 38.5 Å². The van der Waals surface area contributed by atoms with Gasteiger partial charge in [0.15, 0.2) is 0 Å². The fraction of sp³-hybridized carbons (Fsp3) is 0.333. The first-order chi connectivity index (χ1) is 13.8. The van der Waals surface area contributed by atoms with Crippen molar-refractivity contribution in [3.63, 3.8) is 0 Å². The lowest BCUT2D eigenvalue weighted by Crippen LogP contribution is -2.30. The average molecular weight is 389 g/mol. The Balaban J connectivity index is 1.72. The molecule has 0 aliphatic heterocycles. The second-order valence-electron chi connectivity index (χ2n) is 8.50. The summed E-state index contributed by atoms with van der Waals surface area (Å²) in [7, 11) is 2.08. The first-order valence-electron chi connectivity index (χ1n) is 9.94. The monoisotopic (exact) mass is 389 g/mol. The first kappa shape index (κ1) is 19.4. The van der Waals surface area contributed by atoms with Crippen LogP contribution in [0.25, 0.3) is 32.6 Å². The van der Waals surface area contributed by atoms with Gasteiger partial charge in [-0.1, -0.05) is 0 Å². The maximum Gasteiger partial charge on any atom is 0.251 e. The molecule has 5 nitrogen and oxygen atoms in total. The number of hydrogen-bond donors (Lipinski definition) is 1. The topological polar surface area (TPSA) is 56.1 Å². The van der Waals surface area contributed by atoms with Crippen LogP contribution in [-0.2, 0) is 11.8 Å². The highest BCUT2D eigenvalue weighted by molar-refractivity contribution is 6.15. The molecule has 4 aromatic rings. The number of aromatic nitrogens is 2. The van der Waals surface area contributed by atoms with Gasteiger partial charge in [0.1, 0.15) is 0 Å². The van der Waals surface area contributed by atoms with Crippen molar-refractivity contribution in [1.29, 1.82) is 0 Å². The number of nitrogens with zero attached hydrogens (tertiary/aromatic N) is 2. The molecule has 2 heterocycles. The number of benzene rings is 2. The van der Waals surface area contributed by atoms with Gasteiger partial charge in [-0.25, -0.2) is 0 Å². The number of nitrogens with one attached hydrogen (secondary N) is 1. The molecule has 2 aromatic carbocycles. The molecule has 4 rings (SSSR count). The highest BCUT2D eigenvalue weighted by atomic mass is 16.5. The van der Waals surface area contributed by atoms with Gasteiger partial charge < -0.3 is 14.6 Å². The molecule has 0 saturated heterocycles. The second kappa shape index (κ2) is 7.16. The normalized spacial score (nSPS) is 12.2. The molecule has 0 atom stereocenters. The minimum Gasteiger partial charge on any atom is -0.374 e. The Morgan fingerprint density at radius 3 is 2.69 bits per heavy atom. The van der Waals surface area contributed by atoms with Crippen LogP contribution in [0.5, 0.6) is 0 Å². The standard InChI is InChI=1S/C24H27N3O2/c1-15-18-8-9-25-14-17(18)13-20-19-12-16(6-7-21(19)27(5)22(15)20)23(28)26-10-11-29-24(2,3)4/h6-9,12-14H,10-11H2,1-5H3,(H,26,28). The van der Waals surface area contributed by atoms with Crippen LogP contribution in [0.15, 0.2) is 42.7 Å². The Bertz CT molecular complexity index is 1230. The molecule has 1 N–H and O–H groups in total. The van der Waals surface area contributed by atoms with Gasteiger partial charge in [-0.3, -0.25) is 9.78 Å². The van der Waals surface area contributed by atoms with Gasteiger partial charge in [-0.2, -0.15) is 0 Å². The second-order valence-corrected chi connectivity index (χ2v) is 8.50. The summed E-state index contributed by atoms with van der Waals surface area (Å²) < 4.78 is 7.88. The van der Waals surface area contributed by atoms with Crippen molar-refractivity contribution in [2.75, 3.05) is 13.2 Å². The van der Waals surface area contributed by atoms with E-state index in [-0.39, 0.29) is 11.5 Å². The number of carbonyl (C=O) groups is 1. The zero-order valence-electron chi connectivity index (χ0n) is 17.7. The number of aryl methyl sites for hydroxylation is 2. The molecule has 0 aliphatic carbocycles. The summed E-state index contributed by atoms with van der Waals surface area (Å²) in [5, 5.41) is 7.49. The van der Waals surface area contributed by atoms with E-state index < -0.39 is 0 Å². The fourth-order valence-corrected chi connectivity index (χ4v) is 3.98. The highest BCUT2D eigenvalue weighted by Gasteiger charge is 2.16. The minimum absolute atomic E-state index is 0.0828. The van der Waals surface area contributed by atoms with Crippen LogP contribution in [0.4, 0.5) is 0 Å². The predicted molar refractivity (Wildman–Crippen MR) is 119 cm³/mol. The van der Waals surface area contributed by atoms with Crippen molar-refractivity contribution in [3.05, 3.63) is 53.9 Å². The minimum atomic E-state index is -0.206. The van der Waals surface area contributed by atoms with Crippen molar-refractivity contribution < 1.29 is 9.53 Å². The fourth-order valence-electron chi connectivity index (χ4n) is 3.98. The van der Waals surface area contributed by atoms with Gasteiger partial charge >= 0.3 is 0 Å². The molecule has 0 fully saturated rings. The van der Waals surface area contributed by atoms with E-state index in [1.165, 1.54) is 16.5 Å². The quantitative estimate of drug-likeness (QED) is 0.513. The number of fused-ring (bicyclic) bond motifs is 4. The van der Waals surface area contributed by atoms with Crippen molar-refractivity contribution in [2.45, 2.75) is 33.3 Å². The lowest BCUT2D eigenvalue weighted by atomic mass is 10.0. The molecule has 0 spiro atoms. The zero-order valence-corrected chi connectivity index (χ0v) is 17.7. The molecule has 0 unspecified atom stereocenters. The highest BCUT2D eigenvalue weighted by Crippen LogP contribution is 2.35. The maximum atomic E-state index is 12.7. The van der Waals surface area contributed by atoms with E-state index in [2.05, 4.69) is 41.0 Å². The Kier molecular flexibility index (Phi) is 4.79. The largest absolute Gasteiger partial charge is 0.374 e. The van der Waals surface area contributed by atoms with Gasteiger partial charge in [0.2, 0.25) is 0 Å². The summed E-state index contributed by atoms with van der Waals surface area (Å²) in [5.41, 5.74) is 3.98. The summed E-state index contributed by atoms with van der Waals surface area (Å²) in [6, 6.07) is 10.1. The number of carbonyl (C=O) groups excluding carboxylic acids is 1. The van der Waals surface area contributed by atoms with Gasteiger partial charge in [-0.15, -0.1) is 0 Å². The summed E-state index contributed by atoms with van der Waals surface area (Å²) in [5.74, 6) is -0.0828. The van der Waals surface area contributed by atoms with Crippen LogP contribution >= 0.6 is 0 Å². The van der Waals surface area contributed by atoms with E-state index >= 15 is 0 Å². The summed E-state index contributed by atoms with van der Waals surface area (Å²) >= 11 is 0. The Morgan fingerprint density at radius 1 is 1.14 bits per heavy atom. The van der Waals surface area contributed by atoms with Crippen LogP contribution in [0, 0.1) is 6.92 Å². The van der Waals surface area contributed by atoms with Crippen molar-refractivity contribution in [1.82, 2.24) is 14.9 Å². The van der Waals surface area contributed by atoms with Crippen molar-refractivity contribution in [3.8, 4) is 0 Å². The first-order valence-corrected chi connectivity index (χ1v) is 9.94. The van der Waals surface area contributed by atoms with E-state index in [1.807, 2.05) is 51.4 Å². The molecule has 0 radical (unpaired) electrons. The smallest absolute Gasteiger partial charge is 0.251 e. The van der Waals surface area contributed by atoms with Crippen molar-refractivity contribution in [2.24, 2.45) is 7.05 Å². The van der Waals surface area contributed by atoms with Crippen LogP contribution < -0.4 is 5.32 Å². The Hall–Kier alpha value is -2.92. The number of pyridine rings is 1. The van der Waals surface area contributed by atoms with Crippen LogP contribution in [-0.4, -0.2) is 34.2 Å². The number of rotatable bonds is 4. The molecule has 0 saturated carbocycles. The molecule has 0 aliphatic rings. The lowest BCUT2D eigenvalue weighted by Gasteiger charge is -2.19. The Labute approximate surface area is 170 Å². The maximum absolute atomic E-state index is 12.7. The molecule has 29 heavy (non-hydrogen) atoms. The average Bonchev–Trinajstić information content (AvgIpc) is 2.96. The Morgan fingerprint density at radius 2 is 1.93 bits per heavy atom. The molecule has 2 aromatic heterocycles. The van der Waals surface area contributed by atoms with E-state index in [9.17, 15) is 4.79 Å². The molecule has 150 valence electrons. The van der Waals surface area contributed by atoms with E-state index in [0.29, 0.717) is 18.7 Å². The lowest BCUT2D eigenvalue weighted by molar-refractivity contribution is -0.000652. The summed E-state index contributed by atoms with van der Waals surface area (Å²) in [6.45, 7) is 9.13. The zero-order chi connectivity index (χ0) is 20.8. The number of hydrogen-bond acceptors (Lipinski definition) is 3. The third-order valence-corrected chi connectivity index (χ3v) is 5.33.